The number of hydrogen-bond donors (Lipinski definition) is 1. The van der Waals surface area contributed by atoms with E-state index in [1.165, 1.54) is 17.8 Å². The molecule has 7 heteroatoms. The van der Waals surface area contributed by atoms with Gasteiger partial charge in [0.1, 0.15) is 5.25 Å². The number of nitrogens with one attached hydrogen (secondary N) is 1. The van der Waals surface area contributed by atoms with Gasteiger partial charge in [-0.05, 0) is 20.8 Å². The molecule has 0 saturated heterocycles. The second-order valence-corrected chi connectivity index (χ2v) is 6.85. The van der Waals surface area contributed by atoms with Crippen molar-refractivity contribution in [3.63, 3.8) is 0 Å². The summed E-state index contributed by atoms with van der Waals surface area (Å²) in [7, 11) is -3.12. The third-order valence-electron chi connectivity index (χ3n) is 1.86. The van der Waals surface area contributed by atoms with Crippen molar-refractivity contribution in [2.45, 2.75) is 32.1 Å². The fraction of sp³-hybridized carbons (Fsp3) is 0.750. The molecule has 0 aromatic carbocycles. The zero-order valence-corrected chi connectivity index (χ0v) is 10.8. The number of nitrogens with zero attached hydrogens (tertiary/aromatic N) is 2. The number of anilines is 1. The molecule has 1 rings (SSSR count). The third kappa shape index (κ3) is 3.42. The monoisotopic (exact) mass is 249 g/mol. The minimum absolute atomic E-state index is 0.263. The van der Waals surface area contributed by atoms with Gasteiger partial charge in [0.15, 0.2) is 15.7 Å². The minimum Gasteiger partial charge on any atom is -0.358 e. The summed E-state index contributed by atoms with van der Waals surface area (Å²) in [6.45, 7) is 5.57. The Hall–Kier alpha value is -0.690. The van der Waals surface area contributed by atoms with Crippen LogP contribution >= 0.6 is 11.5 Å². The maximum Gasteiger partial charge on any atom is 0.202 e. The van der Waals surface area contributed by atoms with Crippen LogP contribution in [0.4, 0.5) is 5.13 Å². The molecule has 15 heavy (non-hydrogen) atoms. The van der Waals surface area contributed by atoms with Crippen LogP contribution in [0.25, 0.3) is 0 Å². The summed E-state index contributed by atoms with van der Waals surface area (Å²) < 4.78 is 26.6. The molecule has 0 spiro atoms. The van der Waals surface area contributed by atoms with Gasteiger partial charge in [-0.2, -0.15) is 4.37 Å². The van der Waals surface area contributed by atoms with E-state index in [9.17, 15) is 8.42 Å². The van der Waals surface area contributed by atoms with Crippen LogP contribution < -0.4 is 5.32 Å². The standard InChI is InChI=1S/C8H15N3O2S2/c1-5(2)9-8-10-7(11-14-8)6(3)15(4,12)13/h5-6H,1-4H3,(H,9,10,11). The van der Waals surface area contributed by atoms with Crippen molar-refractivity contribution in [2.24, 2.45) is 0 Å². The van der Waals surface area contributed by atoms with Crippen molar-refractivity contribution in [3.8, 4) is 0 Å². The normalized spacial score (nSPS) is 14.2. The van der Waals surface area contributed by atoms with E-state index in [4.69, 9.17) is 0 Å². The quantitative estimate of drug-likeness (QED) is 0.874. The molecule has 0 saturated carbocycles. The van der Waals surface area contributed by atoms with Gasteiger partial charge >= 0.3 is 0 Å². The van der Waals surface area contributed by atoms with Crippen LogP contribution in [-0.4, -0.2) is 30.1 Å². The van der Waals surface area contributed by atoms with E-state index in [1.807, 2.05) is 13.8 Å². The molecule has 0 aliphatic carbocycles. The highest BCUT2D eigenvalue weighted by Gasteiger charge is 2.21. The van der Waals surface area contributed by atoms with Crippen molar-refractivity contribution < 1.29 is 8.42 Å². The Labute approximate surface area is 94.0 Å². The highest BCUT2D eigenvalue weighted by atomic mass is 32.2. The molecule has 0 radical (unpaired) electrons. The summed E-state index contributed by atoms with van der Waals surface area (Å²) in [5.41, 5.74) is 0. The number of rotatable bonds is 4. The third-order valence-corrected chi connectivity index (χ3v) is 4.02. The van der Waals surface area contributed by atoms with E-state index in [2.05, 4.69) is 14.7 Å². The first-order valence-corrected chi connectivity index (χ1v) is 7.32. The SMILES string of the molecule is CC(C)Nc1nc(C(C)S(C)(=O)=O)ns1. The fourth-order valence-corrected chi connectivity index (χ4v) is 2.25. The van der Waals surface area contributed by atoms with E-state index < -0.39 is 15.1 Å². The average molecular weight is 249 g/mol. The zero-order valence-electron chi connectivity index (χ0n) is 9.18. The van der Waals surface area contributed by atoms with Crippen LogP contribution in [-0.2, 0) is 9.84 Å². The lowest BCUT2D eigenvalue weighted by atomic mass is 10.4. The van der Waals surface area contributed by atoms with Crippen molar-refractivity contribution >= 4 is 26.5 Å². The van der Waals surface area contributed by atoms with Crippen molar-refractivity contribution in [2.75, 3.05) is 11.6 Å². The first-order valence-electron chi connectivity index (χ1n) is 4.59. The number of sulfone groups is 1. The average Bonchev–Trinajstić information content (AvgIpc) is 2.48. The van der Waals surface area contributed by atoms with Gasteiger partial charge in [0.25, 0.3) is 0 Å². The lowest BCUT2D eigenvalue weighted by molar-refractivity contribution is 0.590. The molecule has 0 amide bonds. The van der Waals surface area contributed by atoms with Crippen LogP contribution in [0.3, 0.4) is 0 Å². The molecule has 1 atom stereocenters. The van der Waals surface area contributed by atoms with Crippen molar-refractivity contribution in [3.05, 3.63) is 5.82 Å². The van der Waals surface area contributed by atoms with Crippen LogP contribution in [0.2, 0.25) is 0 Å². The molecule has 0 aliphatic rings. The van der Waals surface area contributed by atoms with E-state index in [0.717, 1.165) is 0 Å². The Morgan fingerprint density at radius 1 is 1.33 bits per heavy atom. The second-order valence-electron chi connectivity index (χ2n) is 3.73. The van der Waals surface area contributed by atoms with Crippen LogP contribution in [0.15, 0.2) is 0 Å². The van der Waals surface area contributed by atoms with E-state index >= 15 is 0 Å². The molecule has 5 nitrogen and oxygen atoms in total. The zero-order chi connectivity index (χ0) is 11.6. The summed E-state index contributed by atoms with van der Waals surface area (Å²) in [5, 5.41) is 3.10. The molecule has 0 fully saturated rings. The maximum absolute atomic E-state index is 11.3. The lowest BCUT2D eigenvalue weighted by Gasteiger charge is -2.05. The maximum atomic E-state index is 11.3. The molecule has 0 bridgehead atoms. The second kappa shape index (κ2) is 4.44. The Morgan fingerprint density at radius 3 is 2.40 bits per heavy atom. The first kappa shape index (κ1) is 12.4. The smallest absolute Gasteiger partial charge is 0.202 e. The first-order chi connectivity index (χ1) is 6.80. The molecular formula is C8H15N3O2S2. The largest absolute Gasteiger partial charge is 0.358 e. The van der Waals surface area contributed by atoms with E-state index in [1.54, 1.807) is 6.92 Å². The molecular weight excluding hydrogens is 234 g/mol. The molecule has 86 valence electrons. The lowest BCUT2D eigenvalue weighted by Crippen LogP contribution is -2.11. The predicted octanol–water partition coefficient (Wildman–Crippen LogP) is 1.46. The summed E-state index contributed by atoms with van der Waals surface area (Å²) in [6, 6.07) is 0.263. The van der Waals surface area contributed by atoms with Gasteiger partial charge in [-0.15, -0.1) is 0 Å². The number of hydrogen-bond acceptors (Lipinski definition) is 6. The minimum atomic E-state index is -3.12. The van der Waals surface area contributed by atoms with Crippen molar-refractivity contribution in [1.82, 2.24) is 9.36 Å². The molecule has 1 N–H and O–H groups in total. The molecule has 1 heterocycles. The Morgan fingerprint density at radius 2 is 1.93 bits per heavy atom. The molecule has 1 aromatic heterocycles. The summed E-state index contributed by atoms with van der Waals surface area (Å²) in [6.07, 6.45) is 1.19. The molecule has 1 unspecified atom stereocenters. The van der Waals surface area contributed by atoms with Crippen LogP contribution in [0, 0.1) is 0 Å². The van der Waals surface area contributed by atoms with Gasteiger partial charge < -0.3 is 5.32 Å². The van der Waals surface area contributed by atoms with Gasteiger partial charge in [-0.25, -0.2) is 13.4 Å². The fourth-order valence-electron chi connectivity index (χ4n) is 0.897. The number of aromatic nitrogens is 2. The highest BCUT2D eigenvalue weighted by molar-refractivity contribution is 7.90. The van der Waals surface area contributed by atoms with Gasteiger partial charge in [0.2, 0.25) is 5.13 Å². The van der Waals surface area contributed by atoms with Gasteiger partial charge in [0, 0.05) is 23.8 Å². The Bertz CT molecular complexity index is 425. The summed E-state index contributed by atoms with van der Waals surface area (Å²) >= 11 is 1.19. The van der Waals surface area contributed by atoms with Gasteiger partial charge in [-0.1, -0.05) is 0 Å². The van der Waals surface area contributed by atoms with Gasteiger partial charge in [-0.3, -0.25) is 0 Å². The topological polar surface area (TPSA) is 72.0 Å². The summed E-state index contributed by atoms with van der Waals surface area (Å²) in [4.78, 5) is 4.13. The van der Waals surface area contributed by atoms with Crippen molar-refractivity contribution in [1.29, 1.82) is 0 Å². The molecule has 1 aromatic rings. The highest BCUT2D eigenvalue weighted by Crippen LogP contribution is 2.22. The molecule has 0 aliphatic heterocycles. The van der Waals surface area contributed by atoms with E-state index in [-0.39, 0.29) is 6.04 Å². The Balaban J connectivity index is 2.85. The van der Waals surface area contributed by atoms with Gasteiger partial charge in [0.05, 0.1) is 0 Å². The van der Waals surface area contributed by atoms with E-state index in [0.29, 0.717) is 11.0 Å². The van der Waals surface area contributed by atoms with Crippen LogP contribution in [0.5, 0.6) is 0 Å². The predicted molar refractivity (Wildman–Crippen MR) is 61.9 cm³/mol. The Kier molecular flexibility index (Phi) is 3.67. The van der Waals surface area contributed by atoms with Crippen LogP contribution in [0.1, 0.15) is 31.8 Å². The summed E-state index contributed by atoms with van der Waals surface area (Å²) in [5.74, 6) is 0.366.